The standard InChI is InChI=1S/C15H24N2O/c1-14-4-6-15(7-5-14)17-11-9-16(10-12-17)8-3-13-18-2/h4-7H,3,8-13H2,1-2H3. The Morgan fingerprint density at radius 1 is 1.06 bits per heavy atom. The van der Waals surface area contributed by atoms with Crippen LogP contribution >= 0.6 is 0 Å². The number of anilines is 1. The average molecular weight is 248 g/mol. The summed E-state index contributed by atoms with van der Waals surface area (Å²) in [6.07, 6.45) is 1.14. The van der Waals surface area contributed by atoms with Crippen LogP contribution in [-0.4, -0.2) is 51.3 Å². The van der Waals surface area contributed by atoms with Crippen LogP contribution in [0.5, 0.6) is 0 Å². The molecule has 0 aliphatic carbocycles. The van der Waals surface area contributed by atoms with Crippen molar-refractivity contribution < 1.29 is 4.74 Å². The highest BCUT2D eigenvalue weighted by Crippen LogP contribution is 2.17. The van der Waals surface area contributed by atoms with E-state index in [1.165, 1.54) is 11.3 Å². The lowest BCUT2D eigenvalue weighted by atomic mass is 10.2. The van der Waals surface area contributed by atoms with Crippen molar-refractivity contribution in [1.82, 2.24) is 4.90 Å². The van der Waals surface area contributed by atoms with Crippen LogP contribution in [0, 0.1) is 6.92 Å². The fourth-order valence-corrected chi connectivity index (χ4v) is 2.42. The van der Waals surface area contributed by atoms with Gasteiger partial charge in [-0.15, -0.1) is 0 Å². The highest BCUT2D eigenvalue weighted by atomic mass is 16.5. The Balaban J connectivity index is 1.77. The maximum Gasteiger partial charge on any atom is 0.0474 e. The Kier molecular flexibility index (Phi) is 5.02. The zero-order valence-electron chi connectivity index (χ0n) is 11.6. The number of rotatable bonds is 5. The molecule has 0 radical (unpaired) electrons. The molecule has 0 amide bonds. The molecule has 1 aliphatic rings. The van der Waals surface area contributed by atoms with Gasteiger partial charge in [0.15, 0.2) is 0 Å². The summed E-state index contributed by atoms with van der Waals surface area (Å²) < 4.78 is 5.10. The molecule has 1 saturated heterocycles. The summed E-state index contributed by atoms with van der Waals surface area (Å²) in [6, 6.07) is 8.85. The molecule has 0 N–H and O–H groups in total. The summed E-state index contributed by atoms with van der Waals surface area (Å²) in [5.74, 6) is 0. The Bertz CT molecular complexity index is 342. The van der Waals surface area contributed by atoms with E-state index in [-0.39, 0.29) is 0 Å². The zero-order chi connectivity index (χ0) is 12.8. The van der Waals surface area contributed by atoms with Gasteiger partial charge in [0.05, 0.1) is 0 Å². The van der Waals surface area contributed by atoms with Crippen LogP contribution < -0.4 is 4.90 Å². The first-order valence-electron chi connectivity index (χ1n) is 6.82. The van der Waals surface area contributed by atoms with Crippen LogP contribution in [0.1, 0.15) is 12.0 Å². The summed E-state index contributed by atoms with van der Waals surface area (Å²) in [5.41, 5.74) is 2.69. The second-order valence-electron chi connectivity index (χ2n) is 5.01. The van der Waals surface area contributed by atoms with Crippen molar-refractivity contribution in [3.63, 3.8) is 0 Å². The summed E-state index contributed by atoms with van der Waals surface area (Å²) >= 11 is 0. The first-order valence-corrected chi connectivity index (χ1v) is 6.82. The first-order chi connectivity index (χ1) is 8.79. The molecule has 0 aromatic heterocycles. The molecule has 0 atom stereocenters. The Labute approximate surface area is 110 Å². The SMILES string of the molecule is COCCCN1CCN(c2ccc(C)cc2)CC1. The lowest BCUT2D eigenvalue weighted by Gasteiger charge is -2.36. The smallest absolute Gasteiger partial charge is 0.0474 e. The second-order valence-corrected chi connectivity index (χ2v) is 5.01. The minimum absolute atomic E-state index is 0.873. The molecular weight excluding hydrogens is 224 g/mol. The molecule has 1 aromatic carbocycles. The zero-order valence-corrected chi connectivity index (χ0v) is 11.6. The monoisotopic (exact) mass is 248 g/mol. The quantitative estimate of drug-likeness (QED) is 0.743. The predicted octanol–water partition coefficient (Wildman–Crippen LogP) is 2.15. The maximum absolute atomic E-state index is 5.10. The van der Waals surface area contributed by atoms with Crippen LogP contribution in [-0.2, 0) is 4.74 Å². The van der Waals surface area contributed by atoms with Gasteiger partial charge in [-0.3, -0.25) is 4.90 Å². The topological polar surface area (TPSA) is 15.7 Å². The van der Waals surface area contributed by atoms with Crippen molar-refractivity contribution in [3.8, 4) is 0 Å². The summed E-state index contributed by atoms with van der Waals surface area (Å²) in [6.45, 7) is 8.77. The molecule has 3 heteroatoms. The van der Waals surface area contributed by atoms with Crippen LogP contribution in [0.2, 0.25) is 0 Å². The van der Waals surface area contributed by atoms with Gasteiger partial charge >= 0.3 is 0 Å². The molecule has 0 unspecified atom stereocenters. The van der Waals surface area contributed by atoms with Crippen LogP contribution in [0.3, 0.4) is 0 Å². The Morgan fingerprint density at radius 2 is 1.72 bits per heavy atom. The molecule has 1 aromatic rings. The Morgan fingerprint density at radius 3 is 2.33 bits per heavy atom. The average Bonchev–Trinajstić information content (AvgIpc) is 2.41. The molecule has 1 heterocycles. The van der Waals surface area contributed by atoms with Gasteiger partial charge in [0.25, 0.3) is 0 Å². The normalized spacial score (nSPS) is 17.1. The second kappa shape index (κ2) is 6.76. The third-order valence-corrected chi connectivity index (χ3v) is 3.59. The van der Waals surface area contributed by atoms with Gasteiger partial charge in [-0.05, 0) is 25.5 Å². The largest absolute Gasteiger partial charge is 0.385 e. The fourth-order valence-electron chi connectivity index (χ4n) is 2.42. The number of hydrogen-bond acceptors (Lipinski definition) is 3. The van der Waals surface area contributed by atoms with Gasteiger partial charge in [0.2, 0.25) is 0 Å². The number of nitrogens with zero attached hydrogens (tertiary/aromatic N) is 2. The van der Waals surface area contributed by atoms with E-state index in [1.54, 1.807) is 7.11 Å². The van der Waals surface area contributed by atoms with Gasteiger partial charge in [-0.1, -0.05) is 17.7 Å². The number of methoxy groups -OCH3 is 1. The van der Waals surface area contributed by atoms with Crippen LogP contribution in [0.25, 0.3) is 0 Å². The molecule has 2 rings (SSSR count). The van der Waals surface area contributed by atoms with Crippen molar-refractivity contribution in [2.75, 3.05) is 51.3 Å². The van der Waals surface area contributed by atoms with E-state index in [9.17, 15) is 0 Å². The number of piperazine rings is 1. The predicted molar refractivity (Wildman–Crippen MR) is 76.3 cm³/mol. The summed E-state index contributed by atoms with van der Waals surface area (Å²) in [7, 11) is 1.77. The van der Waals surface area contributed by atoms with Crippen molar-refractivity contribution in [1.29, 1.82) is 0 Å². The van der Waals surface area contributed by atoms with E-state index in [2.05, 4.69) is 41.0 Å². The van der Waals surface area contributed by atoms with E-state index in [0.717, 1.165) is 45.8 Å². The minimum atomic E-state index is 0.873. The molecule has 0 spiro atoms. The summed E-state index contributed by atoms with van der Waals surface area (Å²) in [5, 5.41) is 0. The van der Waals surface area contributed by atoms with E-state index in [0.29, 0.717) is 0 Å². The molecule has 1 aliphatic heterocycles. The molecule has 1 fully saturated rings. The highest BCUT2D eigenvalue weighted by Gasteiger charge is 2.16. The molecular formula is C15H24N2O. The van der Waals surface area contributed by atoms with Crippen molar-refractivity contribution in [3.05, 3.63) is 29.8 Å². The van der Waals surface area contributed by atoms with E-state index in [1.807, 2.05) is 0 Å². The molecule has 0 saturated carbocycles. The lowest BCUT2D eigenvalue weighted by molar-refractivity contribution is 0.169. The van der Waals surface area contributed by atoms with Gasteiger partial charge < -0.3 is 9.64 Å². The van der Waals surface area contributed by atoms with Gasteiger partial charge in [-0.25, -0.2) is 0 Å². The van der Waals surface area contributed by atoms with Gasteiger partial charge in [-0.2, -0.15) is 0 Å². The van der Waals surface area contributed by atoms with Gasteiger partial charge in [0.1, 0.15) is 0 Å². The van der Waals surface area contributed by atoms with Crippen molar-refractivity contribution >= 4 is 5.69 Å². The highest BCUT2D eigenvalue weighted by molar-refractivity contribution is 5.47. The van der Waals surface area contributed by atoms with E-state index in [4.69, 9.17) is 4.74 Å². The third-order valence-electron chi connectivity index (χ3n) is 3.59. The van der Waals surface area contributed by atoms with Crippen LogP contribution in [0.15, 0.2) is 24.3 Å². The fraction of sp³-hybridized carbons (Fsp3) is 0.600. The van der Waals surface area contributed by atoms with E-state index < -0.39 is 0 Å². The Hall–Kier alpha value is -1.06. The number of hydrogen-bond donors (Lipinski definition) is 0. The third kappa shape index (κ3) is 3.72. The van der Waals surface area contributed by atoms with Gasteiger partial charge in [0, 0.05) is 52.1 Å². The van der Waals surface area contributed by atoms with E-state index >= 15 is 0 Å². The molecule has 100 valence electrons. The molecule has 0 bridgehead atoms. The number of ether oxygens (including phenoxy) is 1. The lowest BCUT2D eigenvalue weighted by Crippen LogP contribution is -2.46. The minimum Gasteiger partial charge on any atom is -0.385 e. The molecule has 18 heavy (non-hydrogen) atoms. The van der Waals surface area contributed by atoms with Crippen molar-refractivity contribution in [2.24, 2.45) is 0 Å². The van der Waals surface area contributed by atoms with Crippen molar-refractivity contribution in [2.45, 2.75) is 13.3 Å². The van der Waals surface area contributed by atoms with Crippen LogP contribution in [0.4, 0.5) is 5.69 Å². The first kappa shape index (κ1) is 13.4. The number of benzene rings is 1. The molecule has 3 nitrogen and oxygen atoms in total. The number of aryl methyl sites for hydroxylation is 1. The maximum atomic E-state index is 5.10. The summed E-state index contributed by atoms with van der Waals surface area (Å²) in [4.78, 5) is 5.01.